The quantitative estimate of drug-likeness (QED) is 0.0425. The predicted molar refractivity (Wildman–Crippen MR) is 197 cm³/mol. The first-order valence-corrected chi connectivity index (χ1v) is 19.7. The number of ketones is 1. The molecule has 60 heavy (non-hydrogen) atoms. The summed E-state index contributed by atoms with van der Waals surface area (Å²) in [6, 6.07) is -2.85. The van der Waals surface area contributed by atoms with Crippen molar-refractivity contribution in [2.75, 3.05) is 33.5 Å². The summed E-state index contributed by atoms with van der Waals surface area (Å²) in [6.07, 6.45) is -21.7. The van der Waals surface area contributed by atoms with Crippen LogP contribution in [0.15, 0.2) is 0 Å². The van der Waals surface area contributed by atoms with Crippen molar-refractivity contribution in [3.05, 3.63) is 0 Å². The van der Waals surface area contributed by atoms with Crippen molar-refractivity contribution >= 4 is 29.5 Å². The second-order valence-corrected chi connectivity index (χ2v) is 15.0. The smallest absolute Gasteiger partial charge is 0.364 e. The number of aliphatic hydroxyl groups is 9. The summed E-state index contributed by atoms with van der Waals surface area (Å²) in [6.45, 7) is -0.627. The molecule has 3 amide bonds. The van der Waals surface area contributed by atoms with Gasteiger partial charge < -0.3 is 95.4 Å². The number of carboxylic acid groups (broad SMARTS) is 1. The number of nitrogens with one attached hydrogen (secondary N) is 3. The minimum Gasteiger partial charge on any atom is -0.477 e. The summed E-state index contributed by atoms with van der Waals surface area (Å²) in [4.78, 5) is 60.2. The van der Waals surface area contributed by atoms with Gasteiger partial charge in [0.15, 0.2) is 12.6 Å². The van der Waals surface area contributed by atoms with Crippen molar-refractivity contribution in [2.24, 2.45) is 0 Å². The zero-order valence-electron chi connectivity index (χ0n) is 33.6. The molecule has 16 atom stereocenters. The topological polar surface area (TPSA) is 379 Å². The Kier molecular flexibility index (Phi) is 20.5. The predicted octanol–water partition coefficient (Wildman–Crippen LogP) is -6.01. The van der Waals surface area contributed by atoms with Crippen LogP contribution in [0.3, 0.4) is 0 Å². The molecule has 0 aliphatic carbocycles. The van der Waals surface area contributed by atoms with E-state index in [0.29, 0.717) is 38.5 Å². The van der Waals surface area contributed by atoms with E-state index in [9.17, 15) is 75.0 Å². The Morgan fingerprint density at radius 3 is 1.97 bits per heavy atom. The lowest BCUT2D eigenvalue weighted by molar-refractivity contribution is -0.360. The third kappa shape index (κ3) is 13.7. The van der Waals surface area contributed by atoms with Crippen molar-refractivity contribution < 1.29 is 103 Å². The van der Waals surface area contributed by atoms with Gasteiger partial charge in [0.05, 0.1) is 32.0 Å². The van der Waals surface area contributed by atoms with Gasteiger partial charge in [-0.2, -0.15) is 0 Å². The Morgan fingerprint density at radius 1 is 0.783 bits per heavy atom. The molecule has 3 fully saturated rings. The largest absolute Gasteiger partial charge is 0.477 e. The van der Waals surface area contributed by atoms with Crippen molar-refractivity contribution in [3.8, 4) is 0 Å². The van der Waals surface area contributed by atoms with E-state index >= 15 is 0 Å². The molecule has 3 heterocycles. The van der Waals surface area contributed by atoms with E-state index in [-0.39, 0.29) is 24.7 Å². The van der Waals surface area contributed by atoms with Gasteiger partial charge in [-0.1, -0.05) is 0 Å². The second kappa shape index (κ2) is 24.0. The Hall–Kier alpha value is -3.05. The van der Waals surface area contributed by atoms with Crippen molar-refractivity contribution in [1.29, 1.82) is 0 Å². The van der Waals surface area contributed by atoms with Gasteiger partial charge in [-0.3, -0.25) is 19.2 Å². The van der Waals surface area contributed by atoms with Crippen LogP contribution in [0.25, 0.3) is 0 Å². The van der Waals surface area contributed by atoms with Gasteiger partial charge in [0, 0.05) is 53.2 Å². The molecule has 0 aromatic heterocycles. The third-order valence-electron chi connectivity index (χ3n) is 10.4. The number of aliphatic hydroxyl groups excluding tert-OH is 9. The number of hydrogen-bond acceptors (Lipinski definition) is 20. The molecule has 0 radical (unpaired) electrons. The Labute approximate surface area is 345 Å². The number of amides is 3. The first kappa shape index (κ1) is 51.3. The van der Waals surface area contributed by atoms with E-state index in [1.807, 2.05) is 0 Å². The van der Waals surface area contributed by atoms with Crippen molar-refractivity contribution in [3.63, 3.8) is 0 Å². The minimum absolute atomic E-state index is 0.00546. The summed E-state index contributed by atoms with van der Waals surface area (Å²) in [5.74, 6) is -6.21. The lowest BCUT2D eigenvalue weighted by atomic mass is 9.88. The maximum absolute atomic E-state index is 12.6. The van der Waals surface area contributed by atoms with Crippen LogP contribution in [0.5, 0.6) is 0 Å². The van der Waals surface area contributed by atoms with Crippen molar-refractivity contribution in [1.82, 2.24) is 16.0 Å². The molecule has 7 unspecified atom stereocenters. The SMILES string of the molecule is CNC(=O)CCCCC(=O)CCCCO[C@@H]1OC(CO)[C@H](O[C@@H]2OC(CO[C@]3(C(=O)O)C[C@H](O)[C@@H](NC(C)=O)C(C(O)C(O)CO)O3)[C@H](O)C(O)[C@H]2O)C(O)[C@H]1NC(C)=O. The Balaban J connectivity index is 1.70. The maximum atomic E-state index is 12.6. The molecule has 24 nitrogen and oxygen atoms in total. The monoisotopic (exact) mass is 871 g/mol. The van der Waals surface area contributed by atoms with Gasteiger partial charge in [-0.25, -0.2) is 4.79 Å². The number of hydrogen-bond donors (Lipinski definition) is 13. The second-order valence-electron chi connectivity index (χ2n) is 15.0. The standard InChI is InChI=1S/C36H61N3O21/c1-16(42)38-24-19(45)12-36(35(53)54,60-32(24)26(48)20(46)13-40)56-15-22-27(49)29(51)30(52)34(58-22)59-31-21(14-41)57-33(25(28(31)50)39-17(2)43)55-11-7-6-9-18(44)8-4-5-10-23(47)37-3/h19-22,24-34,40-41,45-46,48-52H,4-15H2,1-3H3,(H,37,47)(H,38,42)(H,39,43)(H,53,54)/t19-,20?,21?,22?,24+,25+,26?,27-,28?,29?,30+,31-,32?,33+,34-,36+/m0/s1. The Bertz CT molecular complexity index is 1410. The van der Waals surface area contributed by atoms with Crippen LogP contribution in [-0.2, 0) is 52.4 Å². The van der Waals surface area contributed by atoms with Crippen LogP contribution in [0.2, 0.25) is 0 Å². The fraction of sp³-hybridized carbons (Fsp3) is 0.861. The van der Waals surface area contributed by atoms with E-state index in [1.54, 1.807) is 0 Å². The summed E-state index contributed by atoms with van der Waals surface area (Å²) in [5.41, 5.74) is 0. The molecule has 0 bridgehead atoms. The molecule has 0 aromatic rings. The van der Waals surface area contributed by atoms with Crippen LogP contribution in [0, 0.1) is 0 Å². The zero-order valence-corrected chi connectivity index (χ0v) is 33.6. The highest BCUT2D eigenvalue weighted by atomic mass is 16.8. The maximum Gasteiger partial charge on any atom is 0.364 e. The molecule has 3 aliphatic rings. The number of carboxylic acids is 1. The van der Waals surface area contributed by atoms with E-state index in [4.69, 9.17) is 28.4 Å². The molecular formula is C36H61N3O21. The van der Waals surface area contributed by atoms with Gasteiger partial charge in [0.1, 0.15) is 72.9 Å². The molecule has 24 heteroatoms. The number of rotatable bonds is 23. The molecule has 3 saturated heterocycles. The summed E-state index contributed by atoms with van der Waals surface area (Å²) >= 11 is 0. The normalized spacial score (nSPS) is 35.5. The number of Topliss-reactive ketones (excluding diaryl/α,β-unsaturated/α-hetero) is 1. The lowest BCUT2D eigenvalue weighted by Gasteiger charge is -2.48. The number of carbonyl (C=O) groups is 5. The first-order chi connectivity index (χ1) is 28.3. The van der Waals surface area contributed by atoms with Gasteiger partial charge in [0.2, 0.25) is 17.7 Å². The number of aliphatic carboxylic acids is 1. The van der Waals surface area contributed by atoms with Gasteiger partial charge >= 0.3 is 5.97 Å². The van der Waals surface area contributed by atoms with Gasteiger partial charge in [-0.05, 0) is 25.7 Å². The number of carbonyl (C=O) groups excluding carboxylic acids is 4. The first-order valence-electron chi connectivity index (χ1n) is 19.7. The van der Waals surface area contributed by atoms with E-state index in [1.165, 1.54) is 7.05 Å². The summed E-state index contributed by atoms with van der Waals surface area (Å²) in [7, 11) is 1.53. The van der Waals surface area contributed by atoms with Gasteiger partial charge in [0.25, 0.3) is 5.79 Å². The molecule has 0 spiro atoms. The van der Waals surface area contributed by atoms with Gasteiger partial charge in [-0.15, -0.1) is 0 Å². The average Bonchev–Trinajstić information content (AvgIpc) is 3.20. The highest BCUT2D eigenvalue weighted by Gasteiger charge is 2.57. The highest BCUT2D eigenvalue weighted by Crippen LogP contribution is 2.35. The summed E-state index contributed by atoms with van der Waals surface area (Å²) in [5, 5.41) is 113. The fourth-order valence-corrected chi connectivity index (χ4v) is 7.06. The third-order valence-corrected chi connectivity index (χ3v) is 10.4. The molecule has 3 rings (SSSR count). The van der Waals surface area contributed by atoms with E-state index < -0.39 is 142 Å². The molecule has 0 saturated carbocycles. The lowest BCUT2D eigenvalue weighted by Crippen LogP contribution is -2.69. The minimum atomic E-state index is -2.87. The van der Waals surface area contributed by atoms with E-state index in [2.05, 4.69) is 16.0 Å². The Morgan fingerprint density at radius 2 is 1.38 bits per heavy atom. The number of unbranched alkanes of at least 4 members (excludes halogenated alkanes) is 2. The molecule has 346 valence electrons. The molecule has 0 aromatic carbocycles. The van der Waals surface area contributed by atoms with Crippen LogP contribution >= 0.6 is 0 Å². The molecule has 3 aliphatic heterocycles. The number of ether oxygens (including phenoxy) is 6. The fourth-order valence-electron chi connectivity index (χ4n) is 7.06. The zero-order chi connectivity index (χ0) is 44.9. The molecular weight excluding hydrogens is 810 g/mol. The van der Waals surface area contributed by atoms with Crippen LogP contribution in [0.4, 0.5) is 0 Å². The van der Waals surface area contributed by atoms with Crippen LogP contribution < -0.4 is 16.0 Å². The van der Waals surface area contributed by atoms with E-state index in [0.717, 1.165) is 13.8 Å². The summed E-state index contributed by atoms with van der Waals surface area (Å²) < 4.78 is 34.2. The van der Waals surface area contributed by atoms with Crippen LogP contribution in [-0.4, -0.2) is 212 Å². The molecule has 13 N–H and O–H groups in total. The average molecular weight is 872 g/mol. The highest BCUT2D eigenvalue weighted by molar-refractivity contribution is 5.79. The van der Waals surface area contributed by atoms with Crippen molar-refractivity contribution in [2.45, 2.75) is 163 Å². The van der Waals surface area contributed by atoms with Crippen LogP contribution in [0.1, 0.15) is 65.2 Å².